The predicted molar refractivity (Wildman–Crippen MR) is 62.0 cm³/mol. The van der Waals surface area contributed by atoms with Crippen LogP contribution in [-0.4, -0.2) is 23.8 Å². The van der Waals surface area contributed by atoms with E-state index in [0.717, 1.165) is 38.4 Å². The van der Waals surface area contributed by atoms with Gasteiger partial charge in [0.15, 0.2) is 5.78 Å². The number of hydrogen-bond acceptors (Lipinski definition) is 3. The monoisotopic (exact) mass is 224 g/mol. The lowest BCUT2D eigenvalue weighted by molar-refractivity contribution is -0.123. The van der Waals surface area contributed by atoms with E-state index in [2.05, 4.69) is 12.2 Å². The van der Waals surface area contributed by atoms with E-state index in [4.69, 9.17) is 5.11 Å². The largest absolute Gasteiger partial charge is 0.389 e. The fourth-order valence-electron chi connectivity index (χ4n) is 2.14. The van der Waals surface area contributed by atoms with Crippen LogP contribution in [-0.2, 0) is 9.59 Å². The molecule has 0 aromatic carbocycles. The zero-order chi connectivity index (χ0) is 11.9. The molecule has 0 saturated heterocycles. The van der Waals surface area contributed by atoms with Gasteiger partial charge in [0.05, 0.1) is 0 Å². The molecule has 0 amide bonds. The Kier molecular flexibility index (Phi) is 5.39. The molecule has 1 unspecified atom stereocenters. The first-order valence-electron chi connectivity index (χ1n) is 5.96. The number of rotatable bonds is 5. The van der Waals surface area contributed by atoms with Crippen LogP contribution in [0.5, 0.6) is 0 Å². The molecule has 0 aromatic rings. The minimum absolute atomic E-state index is 0.174. The van der Waals surface area contributed by atoms with Crippen molar-refractivity contribution in [3.05, 3.63) is 12.2 Å². The van der Waals surface area contributed by atoms with Gasteiger partial charge in [-0.25, -0.2) is 0 Å². The third-order valence-electron chi connectivity index (χ3n) is 3.31. The summed E-state index contributed by atoms with van der Waals surface area (Å²) in [7, 11) is 0. The van der Waals surface area contributed by atoms with Gasteiger partial charge in [0.2, 0.25) is 0 Å². The maximum Gasteiger partial charge on any atom is 0.158 e. The third kappa shape index (κ3) is 3.89. The first-order chi connectivity index (χ1) is 7.72. The molecule has 0 radical (unpaired) electrons. The van der Waals surface area contributed by atoms with Gasteiger partial charge in [-0.05, 0) is 32.1 Å². The van der Waals surface area contributed by atoms with E-state index >= 15 is 0 Å². The number of aliphatic hydroxyl groups excluding tert-OH is 1. The summed E-state index contributed by atoms with van der Waals surface area (Å²) in [5, 5.41) is 8.67. The summed E-state index contributed by atoms with van der Waals surface area (Å²) in [5.41, 5.74) is -0.373. The smallest absolute Gasteiger partial charge is 0.158 e. The van der Waals surface area contributed by atoms with Crippen LogP contribution in [0.4, 0.5) is 0 Å². The summed E-state index contributed by atoms with van der Waals surface area (Å²) >= 11 is 0. The highest BCUT2D eigenvalue weighted by Gasteiger charge is 2.28. The van der Waals surface area contributed by atoms with Gasteiger partial charge in [0.25, 0.3) is 0 Å². The molecule has 1 aliphatic rings. The van der Waals surface area contributed by atoms with Crippen molar-refractivity contribution in [1.82, 2.24) is 0 Å². The average Bonchev–Trinajstić information content (AvgIpc) is 2.28. The second-order valence-electron chi connectivity index (χ2n) is 4.60. The van der Waals surface area contributed by atoms with Gasteiger partial charge in [-0.15, -0.1) is 0 Å². The maximum absolute atomic E-state index is 11.2. The molecule has 1 N–H and O–H groups in total. The Balaban J connectivity index is 2.59. The summed E-state index contributed by atoms with van der Waals surface area (Å²) in [6.45, 7) is -0.412. The lowest BCUT2D eigenvalue weighted by atomic mass is 9.75. The van der Waals surface area contributed by atoms with E-state index in [0.29, 0.717) is 12.8 Å². The van der Waals surface area contributed by atoms with Crippen LogP contribution in [0.3, 0.4) is 0 Å². The molecular weight excluding hydrogens is 204 g/mol. The number of ketones is 1. The number of aldehydes is 1. The third-order valence-corrected chi connectivity index (χ3v) is 3.31. The highest BCUT2D eigenvalue weighted by Crippen LogP contribution is 2.34. The fraction of sp³-hybridized carbons (Fsp3) is 0.692. The van der Waals surface area contributed by atoms with E-state index in [1.54, 1.807) is 0 Å². The molecule has 0 fully saturated rings. The van der Waals surface area contributed by atoms with Crippen molar-refractivity contribution in [3.8, 4) is 0 Å². The molecule has 0 bridgehead atoms. The van der Waals surface area contributed by atoms with Crippen molar-refractivity contribution < 1.29 is 14.7 Å². The normalized spacial score (nSPS) is 25.8. The van der Waals surface area contributed by atoms with Crippen molar-refractivity contribution in [2.75, 3.05) is 6.61 Å². The standard InChI is InChI=1S/C13H20O3/c14-10-12(16)6-9-13(11-15)7-4-2-1-3-5-8-13/h2,4,11,14H,1,3,5-10H2. The van der Waals surface area contributed by atoms with E-state index in [1.807, 2.05) is 0 Å². The quantitative estimate of drug-likeness (QED) is 0.574. The Bertz CT molecular complexity index is 270. The van der Waals surface area contributed by atoms with Crippen LogP contribution >= 0.6 is 0 Å². The van der Waals surface area contributed by atoms with Crippen LogP contribution in [0.15, 0.2) is 12.2 Å². The van der Waals surface area contributed by atoms with Crippen LogP contribution in [0.25, 0.3) is 0 Å². The molecule has 0 spiro atoms. The van der Waals surface area contributed by atoms with Gasteiger partial charge in [-0.3, -0.25) is 4.79 Å². The number of allylic oxidation sites excluding steroid dienone is 2. The second kappa shape index (κ2) is 6.59. The van der Waals surface area contributed by atoms with Gasteiger partial charge in [-0.2, -0.15) is 0 Å². The highest BCUT2D eigenvalue weighted by molar-refractivity contribution is 5.79. The van der Waals surface area contributed by atoms with E-state index in [1.165, 1.54) is 0 Å². The Labute approximate surface area is 96.5 Å². The summed E-state index contributed by atoms with van der Waals surface area (Å²) in [5.74, 6) is -0.174. The molecule has 3 nitrogen and oxygen atoms in total. The molecule has 90 valence electrons. The van der Waals surface area contributed by atoms with Crippen molar-refractivity contribution in [2.45, 2.75) is 44.9 Å². The van der Waals surface area contributed by atoms with Crippen molar-refractivity contribution in [2.24, 2.45) is 5.41 Å². The number of aliphatic hydroxyl groups is 1. The molecule has 1 atom stereocenters. The zero-order valence-electron chi connectivity index (χ0n) is 9.65. The number of Topliss-reactive ketones (excluding diaryl/α,β-unsaturated/α-hetero) is 1. The van der Waals surface area contributed by atoms with Crippen molar-refractivity contribution in [3.63, 3.8) is 0 Å². The molecule has 0 aromatic heterocycles. The Morgan fingerprint density at radius 1 is 1.38 bits per heavy atom. The summed E-state index contributed by atoms with van der Waals surface area (Å²) in [6, 6.07) is 0. The van der Waals surface area contributed by atoms with Gasteiger partial charge < -0.3 is 9.90 Å². The van der Waals surface area contributed by atoms with Gasteiger partial charge in [-0.1, -0.05) is 18.6 Å². The van der Waals surface area contributed by atoms with Gasteiger partial charge in [0.1, 0.15) is 12.9 Å². The van der Waals surface area contributed by atoms with Crippen LogP contribution in [0.2, 0.25) is 0 Å². The number of carbonyl (C=O) groups is 2. The lowest BCUT2D eigenvalue weighted by Crippen LogP contribution is -2.24. The summed E-state index contributed by atoms with van der Waals surface area (Å²) in [6.07, 6.45) is 10.9. The number of hydrogen-bond donors (Lipinski definition) is 1. The van der Waals surface area contributed by atoms with Crippen LogP contribution in [0, 0.1) is 5.41 Å². The zero-order valence-corrected chi connectivity index (χ0v) is 9.65. The average molecular weight is 224 g/mol. The molecule has 1 aliphatic carbocycles. The summed E-state index contributed by atoms with van der Waals surface area (Å²) in [4.78, 5) is 22.3. The molecule has 0 aliphatic heterocycles. The Hall–Kier alpha value is -0.960. The van der Waals surface area contributed by atoms with Crippen molar-refractivity contribution >= 4 is 12.1 Å². The fourth-order valence-corrected chi connectivity index (χ4v) is 2.14. The van der Waals surface area contributed by atoms with Crippen molar-refractivity contribution in [1.29, 1.82) is 0 Å². The summed E-state index contributed by atoms with van der Waals surface area (Å²) < 4.78 is 0. The van der Waals surface area contributed by atoms with Gasteiger partial charge in [0, 0.05) is 11.8 Å². The molecule has 16 heavy (non-hydrogen) atoms. The predicted octanol–water partition coefficient (Wildman–Crippen LogP) is 2.03. The van der Waals surface area contributed by atoms with Crippen LogP contribution < -0.4 is 0 Å². The first-order valence-corrected chi connectivity index (χ1v) is 5.96. The first kappa shape index (κ1) is 13.1. The van der Waals surface area contributed by atoms with E-state index in [-0.39, 0.29) is 11.2 Å². The van der Waals surface area contributed by atoms with E-state index in [9.17, 15) is 9.59 Å². The van der Waals surface area contributed by atoms with Gasteiger partial charge >= 0.3 is 0 Å². The minimum Gasteiger partial charge on any atom is -0.389 e. The Morgan fingerprint density at radius 2 is 2.19 bits per heavy atom. The second-order valence-corrected chi connectivity index (χ2v) is 4.60. The molecule has 3 heteroatoms. The molecule has 0 heterocycles. The minimum atomic E-state index is -0.412. The molecule has 1 rings (SSSR count). The number of carbonyl (C=O) groups excluding carboxylic acids is 2. The highest BCUT2D eigenvalue weighted by atomic mass is 16.3. The topological polar surface area (TPSA) is 54.4 Å². The molecule has 0 saturated carbocycles. The maximum atomic E-state index is 11.2. The van der Waals surface area contributed by atoms with E-state index < -0.39 is 6.61 Å². The molecular formula is C13H20O3. The Morgan fingerprint density at radius 3 is 2.88 bits per heavy atom. The van der Waals surface area contributed by atoms with Crippen LogP contribution in [0.1, 0.15) is 44.9 Å². The lowest BCUT2D eigenvalue weighted by Gasteiger charge is -2.27. The SMILES string of the molecule is O=CC1(CCC(=O)CO)CC=CCCCC1.